The summed E-state index contributed by atoms with van der Waals surface area (Å²) in [6, 6.07) is 12.6. The Morgan fingerprint density at radius 1 is 1.24 bits per heavy atom. The molecule has 0 aliphatic rings. The largest absolute Gasteiger partial charge is 0.469 e. The summed E-state index contributed by atoms with van der Waals surface area (Å²) in [5.41, 5.74) is 2.34. The molecule has 3 nitrogen and oxygen atoms in total. The van der Waals surface area contributed by atoms with Crippen molar-refractivity contribution in [2.75, 3.05) is 5.32 Å². The van der Waals surface area contributed by atoms with E-state index in [4.69, 9.17) is 16.6 Å². The van der Waals surface area contributed by atoms with Gasteiger partial charge in [-0.15, -0.1) is 0 Å². The van der Waals surface area contributed by atoms with Crippen LogP contribution in [-0.2, 0) is 12.8 Å². The summed E-state index contributed by atoms with van der Waals surface area (Å²) in [5.74, 6) is 1.01. The molecule has 0 saturated heterocycles. The molecule has 2 rings (SSSR count). The molecule has 2 N–H and O–H groups in total. The van der Waals surface area contributed by atoms with Crippen LogP contribution in [0.3, 0.4) is 0 Å². The fraction of sp³-hybridized carbons (Fsp3) is 0.353. The number of rotatable bonds is 6. The van der Waals surface area contributed by atoms with Gasteiger partial charge in [0, 0.05) is 18.2 Å². The molecule has 1 heterocycles. The minimum absolute atomic E-state index is 0.296. The molecule has 1 aromatic carbocycles. The number of thiocarbonyl (C=S) groups is 1. The van der Waals surface area contributed by atoms with Gasteiger partial charge in [-0.05, 0) is 61.8 Å². The highest BCUT2D eigenvalue weighted by atomic mass is 32.1. The average Bonchev–Trinajstić information content (AvgIpc) is 2.99. The van der Waals surface area contributed by atoms with Crippen LogP contribution in [0.25, 0.3) is 0 Å². The molecule has 0 radical (unpaired) electrons. The number of aryl methyl sites for hydroxylation is 2. The number of benzene rings is 1. The zero-order valence-electron chi connectivity index (χ0n) is 12.6. The third-order valence-electron chi connectivity index (χ3n) is 3.40. The first-order chi connectivity index (χ1) is 10.2. The second-order valence-electron chi connectivity index (χ2n) is 5.17. The van der Waals surface area contributed by atoms with Crippen LogP contribution in [0, 0.1) is 0 Å². The van der Waals surface area contributed by atoms with Crippen molar-refractivity contribution in [3.05, 3.63) is 54.0 Å². The Kier molecular flexibility index (Phi) is 5.81. The van der Waals surface area contributed by atoms with Crippen molar-refractivity contribution in [2.24, 2.45) is 0 Å². The molecule has 0 aliphatic heterocycles. The first-order valence-corrected chi connectivity index (χ1v) is 7.77. The molecule has 2 aromatic rings. The highest BCUT2D eigenvalue weighted by Gasteiger charge is 2.06. The van der Waals surface area contributed by atoms with E-state index in [0.717, 1.165) is 30.7 Å². The van der Waals surface area contributed by atoms with Crippen molar-refractivity contribution in [2.45, 2.75) is 39.2 Å². The Balaban J connectivity index is 1.75. The Bertz CT molecular complexity index is 549. The van der Waals surface area contributed by atoms with Crippen molar-refractivity contribution in [3.8, 4) is 0 Å². The summed E-state index contributed by atoms with van der Waals surface area (Å²) in [6.07, 6.45) is 4.64. The van der Waals surface area contributed by atoms with Gasteiger partial charge in [0.25, 0.3) is 0 Å². The summed E-state index contributed by atoms with van der Waals surface area (Å²) in [5, 5.41) is 7.17. The van der Waals surface area contributed by atoms with Crippen molar-refractivity contribution < 1.29 is 4.42 Å². The fourth-order valence-electron chi connectivity index (χ4n) is 2.10. The molecule has 0 saturated carbocycles. The van der Waals surface area contributed by atoms with Crippen LogP contribution in [0.4, 0.5) is 5.69 Å². The van der Waals surface area contributed by atoms with Gasteiger partial charge in [0.15, 0.2) is 5.11 Å². The lowest BCUT2D eigenvalue weighted by Crippen LogP contribution is -2.36. The predicted octanol–water partition coefficient (Wildman–Crippen LogP) is 4.15. The lowest BCUT2D eigenvalue weighted by Gasteiger charge is -2.16. The van der Waals surface area contributed by atoms with Crippen molar-refractivity contribution in [3.63, 3.8) is 0 Å². The van der Waals surface area contributed by atoms with Crippen molar-refractivity contribution in [1.29, 1.82) is 0 Å². The Labute approximate surface area is 131 Å². The Morgan fingerprint density at radius 3 is 2.62 bits per heavy atom. The minimum Gasteiger partial charge on any atom is -0.469 e. The van der Waals surface area contributed by atoms with Gasteiger partial charge in [-0.2, -0.15) is 0 Å². The van der Waals surface area contributed by atoms with Gasteiger partial charge < -0.3 is 15.1 Å². The van der Waals surface area contributed by atoms with E-state index in [1.165, 1.54) is 5.56 Å². The topological polar surface area (TPSA) is 37.2 Å². The van der Waals surface area contributed by atoms with Gasteiger partial charge >= 0.3 is 0 Å². The summed E-state index contributed by atoms with van der Waals surface area (Å²) in [7, 11) is 0. The molecule has 0 unspecified atom stereocenters. The number of hydrogen-bond donors (Lipinski definition) is 2. The van der Waals surface area contributed by atoms with Crippen LogP contribution in [0.2, 0.25) is 0 Å². The van der Waals surface area contributed by atoms with Gasteiger partial charge in [0.2, 0.25) is 0 Å². The quantitative estimate of drug-likeness (QED) is 0.786. The maximum atomic E-state index is 5.34. The smallest absolute Gasteiger partial charge is 0.170 e. The first kappa shape index (κ1) is 15.6. The highest BCUT2D eigenvalue weighted by Crippen LogP contribution is 2.10. The van der Waals surface area contributed by atoms with Gasteiger partial charge in [-0.3, -0.25) is 0 Å². The number of furan rings is 1. The van der Waals surface area contributed by atoms with E-state index < -0.39 is 0 Å². The third-order valence-corrected chi connectivity index (χ3v) is 3.62. The number of nitrogens with one attached hydrogen (secondary N) is 2. The lowest BCUT2D eigenvalue weighted by atomic mass is 10.1. The number of hydrogen-bond acceptors (Lipinski definition) is 2. The van der Waals surface area contributed by atoms with Crippen LogP contribution >= 0.6 is 12.2 Å². The van der Waals surface area contributed by atoms with Crippen LogP contribution in [0.1, 0.15) is 31.6 Å². The van der Waals surface area contributed by atoms with Gasteiger partial charge in [-0.1, -0.05) is 19.1 Å². The molecule has 112 valence electrons. The van der Waals surface area contributed by atoms with Crippen molar-refractivity contribution in [1.82, 2.24) is 5.32 Å². The summed E-state index contributed by atoms with van der Waals surface area (Å²) >= 11 is 5.34. The molecule has 21 heavy (non-hydrogen) atoms. The first-order valence-electron chi connectivity index (χ1n) is 7.36. The predicted molar refractivity (Wildman–Crippen MR) is 91.7 cm³/mol. The van der Waals surface area contributed by atoms with E-state index in [-0.39, 0.29) is 0 Å². The minimum atomic E-state index is 0.296. The second-order valence-corrected chi connectivity index (χ2v) is 5.58. The SMILES string of the molecule is CCc1ccc(NC(=S)N[C@H](C)CCc2ccco2)cc1. The lowest BCUT2D eigenvalue weighted by molar-refractivity contribution is 0.483. The van der Waals surface area contributed by atoms with Crippen LogP contribution in [0.5, 0.6) is 0 Å². The summed E-state index contributed by atoms with van der Waals surface area (Å²) in [6.45, 7) is 4.27. The summed E-state index contributed by atoms with van der Waals surface area (Å²) < 4.78 is 5.33. The van der Waals surface area contributed by atoms with Crippen LogP contribution in [0.15, 0.2) is 47.1 Å². The molecule has 0 amide bonds. The fourth-order valence-corrected chi connectivity index (χ4v) is 2.42. The van der Waals surface area contributed by atoms with E-state index in [1.54, 1.807) is 6.26 Å². The van der Waals surface area contributed by atoms with E-state index in [1.807, 2.05) is 12.1 Å². The molecule has 4 heteroatoms. The maximum absolute atomic E-state index is 5.34. The molecular weight excluding hydrogens is 280 g/mol. The van der Waals surface area contributed by atoms with E-state index in [0.29, 0.717) is 11.2 Å². The zero-order chi connectivity index (χ0) is 15.1. The molecular formula is C17H22N2OS. The average molecular weight is 302 g/mol. The molecule has 0 spiro atoms. The molecule has 0 fully saturated rings. The Morgan fingerprint density at radius 2 is 2.00 bits per heavy atom. The number of anilines is 1. The van der Waals surface area contributed by atoms with Gasteiger partial charge in [0.1, 0.15) is 5.76 Å². The third kappa shape index (κ3) is 5.23. The monoisotopic (exact) mass is 302 g/mol. The van der Waals surface area contributed by atoms with E-state index in [2.05, 4.69) is 48.7 Å². The van der Waals surface area contributed by atoms with E-state index in [9.17, 15) is 0 Å². The second kappa shape index (κ2) is 7.84. The standard InChI is InChI=1S/C17H22N2OS/c1-3-14-7-9-15(10-8-14)19-17(21)18-13(2)6-11-16-5-4-12-20-16/h4-5,7-10,12-13H,3,6,11H2,1-2H3,(H2,18,19,21)/t13-/m1/s1. The highest BCUT2D eigenvalue weighted by molar-refractivity contribution is 7.80. The van der Waals surface area contributed by atoms with Crippen molar-refractivity contribution >= 4 is 23.0 Å². The molecule has 1 atom stereocenters. The Hall–Kier alpha value is -1.81. The molecule has 1 aromatic heterocycles. The van der Waals surface area contributed by atoms with Crippen LogP contribution < -0.4 is 10.6 Å². The van der Waals surface area contributed by atoms with Crippen LogP contribution in [-0.4, -0.2) is 11.2 Å². The zero-order valence-corrected chi connectivity index (χ0v) is 13.4. The van der Waals surface area contributed by atoms with Gasteiger partial charge in [0.05, 0.1) is 6.26 Å². The summed E-state index contributed by atoms with van der Waals surface area (Å²) in [4.78, 5) is 0. The maximum Gasteiger partial charge on any atom is 0.170 e. The van der Waals surface area contributed by atoms with Gasteiger partial charge in [-0.25, -0.2) is 0 Å². The molecule has 0 bridgehead atoms. The molecule has 0 aliphatic carbocycles. The normalized spacial score (nSPS) is 11.9. The van der Waals surface area contributed by atoms with E-state index >= 15 is 0 Å².